The first-order valence-electron chi connectivity index (χ1n) is 3.21. The molecule has 9 heavy (non-hydrogen) atoms. The Morgan fingerprint density at radius 3 is 2.67 bits per heavy atom. The van der Waals surface area contributed by atoms with Gasteiger partial charge in [0.25, 0.3) is 0 Å². The minimum Gasteiger partial charge on any atom is -0.385 e. The number of thioether (sulfide) groups is 1. The maximum atomic E-state index is 5.31. The molecule has 3 heteroatoms. The van der Waals surface area contributed by atoms with Crippen molar-refractivity contribution in [2.24, 2.45) is 11.7 Å². The molecule has 1 saturated carbocycles. The first-order valence-corrected chi connectivity index (χ1v) is 4.60. The Morgan fingerprint density at radius 1 is 1.67 bits per heavy atom. The van der Waals surface area contributed by atoms with Crippen molar-refractivity contribution in [2.75, 3.05) is 5.75 Å². The zero-order valence-corrected chi connectivity index (χ0v) is 6.93. The van der Waals surface area contributed by atoms with Gasteiger partial charge in [-0.2, -0.15) is 0 Å². The first kappa shape index (κ1) is 7.35. The Morgan fingerprint density at radius 2 is 2.33 bits per heavy atom. The number of rotatable bonds is 2. The van der Waals surface area contributed by atoms with E-state index in [0.29, 0.717) is 4.32 Å². The highest BCUT2D eigenvalue weighted by atomic mass is 32.2. The van der Waals surface area contributed by atoms with Gasteiger partial charge in [0.2, 0.25) is 0 Å². The molecule has 52 valence electrons. The number of nitrogens with two attached hydrogens (primary N) is 1. The Bertz CT molecular complexity index is 110. The monoisotopic (exact) mass is 161 g/mol. The SMILES string of the molecule is NC(=S)SCC1CCC1. The van der Waals surface area contributed by atoms with E-state index in [9.17, 15) is 0 Å². The van der Waals surface area contributed by atoms with Crippen LogP contribution in [0.25, 0.3) is 0 Å². The first-order chi connectivity index (χ1) is 4.29. The molecule has 0 saturated heterocycles. The van der Waals surface area contributed by atoms with Crippen molar-refractivity contribution >= 4 is 28.3 Å². The van der Waals surface area contributed by atoms with Crippen LogP contribution in [0.5, 0.6) is 0 Å². The molecule has 0 aromatic heterocycles. The summed E-state index contributed by atoms with van der Waals surface area (Å²) in [7, 11) is 0. The summed E-state index contributed by atoms with van der Waals surface area (Å²) in [6, 6.07) is 0. The van der Waals surface area contributed by atoms with E-state index in [2.05, 4.69) is 0 Å². The van der Waals surface area contributed by atoms with Crippen molar-refractivity contribution < 1.29 is 0 Å². The summed E-state index contributed by atoms with van der Waals surface area (Å²) in [4.78, 5) is 0. The van der Waals surface area contributed by atoms with Gasteiger partial charge >= 0.3 is 0 Å². The minimum absolute atomic E-state index is 0.599. The molecule has 1 aliphatic rings. The van der Waals surface area contributed by atoms with Gasteiger partial charge in [0.05, 0.1) is 0 Å². The summed E-state index contributed by atoms with van der Waals surface area (Å²) in [5.41, 5.74) is 5.31. The lowest BCUT2D eigenvalue weighted by Gasteiger charge is -2.24. The second-order valence-electron chi connectivity index (χ2n) is 2.43. The fraction of sp³-hybridized carbons (Fsp3) is 0.833. The molecule has 0 aromatic rings. The summed E-state index contributed by atoms with van der Waals surface area (Å²) in [6.07, 6.45) is 4.17. The number of thiocarbonyl (C=S) groups is 1. The van der Waals surface area contributed by atoms with E-state index < -0.39 is 0 Å². The highest BCUT2D eigenvalue weighted by Gasteiger charge is 2.16. The van der Waals surface area contributed by atoms with Gasteiger partial charge in [-0.15, -0.1) is 0 Å². The molecule has 0 heterocycles. The van der Waals surface area contributed by atoms with Crippen LogP contribution in [0, 0.1) is 5.92 Å². The van der Waals surface area contributed by atoms with Crippen molar-refractivity contribution in [3.63, 3.8) is 0 Å². The maximum Gasteiger partial charge on any atom is 0.131 e. The van der Waals surface area contributed by atoms with E-state index in [1.54, 1.807) is 11.8 Å². The second kappa shape index (κ2) is 3.42. The molecular weight excluding hydrogens is 150 g/mol. The van der Waals surface area contributed by atoms with Gasteiger partial charge in [-0.05, 0) is 18.8 Å². The van der Waals surface area contributed by atoms with Gasteiger partial charge in [-0.1, -0.05) is 30.4 Å². The van der Waals surface area contributed by atoms with Crippen molar-refractivity contribution in [3.8, 4) is 0 Å². The standard InChI is InChI=1S/C6H11NS2/c7-6(8)9-4-5-2-1-3-5/h5H,1-4H2,(H2,7,8). The van der Waals surface area contributed by atoms with Crippen LogP contribution in [0.2, 0.25) is 0 Å². The molecule has 0 aromatic carbocycles. The van der Waals surface area contributed by atoms with E-state index in [1.807, 2.05) is 0 Å². The van der Waals surface area contributed by atoms with Crippen LogP contribution in [-0.4, -0.2) is 10.1 Å². The van der Waals surface area contributed by atoms with E-state index >= 15 is 0 Å². The van der Waals surface area contributed by atoms with Crippen molar-refractivity contribution in [3.05, 3.63) is 0 Å². The van der Waals surface area contributed by atoms with E-state index in [0.717, 1.165) is 11.7 Å². The molecule has 0 spiro atoms. The highest BCUT2D eigenvalue weighted by molar-refractivity contribution is 8.22. The van der Waals surface area contributed by atoms with Gasteiger partial charge in [0, 0.05) is 5.75 Å². The molecule has 0 radical (unpaired) electrons. The molecule has 1 aliphatic carbocycles. The Balaban J connectivity index is 1.97. The topological polar surface area (TPSA) is 26.0 Å². The van der Waals surface area contributed by atoms with E-state index in [4.69, 9.17) is 18.0 Å². The Kier molecular flexibility index (Phi) is 2.79. The summed E-state index contributed by atoms with van der Waals surface area (Å²) in [5, 5.41) is 0. The van der Waals surface area contributed by atoms with E-state index in [-0.39, 0.29) is 0 Å². The molecule has 2 N–H and O–H groups in total. The van der Waals surface area contributed by atoms with Gasteiger partial charge in [0.15, 0.2) is 0 Å². The summed E-state index contributed by atoms with van der Waals surface area (Å²) < 4.78 is 0.599. The van der Waals surface area contributed by atoms with Crippen molar-refractivity contribution in [1.82, 2.24) is 0 Å². The van der Waals surface area contributed by atoms with Crippen LogP contribution in [0.4, 0.5) is 0 Å². The van der Waals surface area contributed by atoms with E-state index in [1.165, 1.54) is 19.3 Å². The maximum absolute atomic E-state index is 5.31. The molecule has 0 unspecified atom stereocenters. The van der Waals surface area contributed by atoms with Crippen LogP contribution in [0.15, 0.2) is 0 Å². The fourth-order valence-electron chi connectivity index (χ4n) is 0.859. The van der Waals surface area contributed by atoms with Crippen LogP contribution in [0.1, 0.15) is 19.3 Å². The second-order valence-corrected chi connectivity index (χ2v) is 4.19. The highest BCUT2D eigenvalue weighted by Crippen LogP contribution is 2.29. The minimum atomic E-state index is 0.599. The summed E-state index contributed by atoms with van der Waals surface area (Å²) in [5.74, 6) is 2.06. The van der Waals surface area contributed by atoms with Crippen LogP contribution < -0.4 is 5.73 Å². The van der Waals surface area contributed by atoms with Gasteiger partial charge in [-0.3, -0.25) is 0 Å². The molecule has 0 bridgehead atoms. The molecule has 1 rings (SSSR count). The molecule has 0 atom stereocenters. The summed E-state index contributed by atoms with van der Waals surface area (Å²) in [6.45, 7) is 0. The lowest BCUT2D eigenvalue weighted by Crippen LogP contribution is -2.15. The fourth-order valence-corrected chi connectivity index (χ4v) is 1.80. The Labute approximate surface area is 65.4 Å². The molecule has 1 nitrogen and oxygen atoms in total. The molecule has 0 aliphatic heterocycles. The number of hydrogen-bond acceptors (Lipinski definition) is 2. The van der Waals surface area contributed by atoms with Crippen LogP contribution in [0.3, 0.4) is 0 Å². The molecular formula is C6H11NS2. The third-order valence-electron chi connectivity index (χ3n) is 1.69. The molecule has 0 amide bonds. The van der Waals surface area contributed by atoms with Gasteiger partial charge in [-0.25, -0.2) is 0 Å². The smallest absolute Gasteiger partial charge is 0.131 e. The van der Waals surface area contributed by atoms with Crippen molar-refractivity contribution in [2.45, 2.75) is 19.3 Å². The average molecular weight is 161 g/mol. The average Bonchev–Trinajstić information content (AvgIpc) is 1.60. The zero-order chi connectivity index (χ0) is 6.69. The molecule has 1 fully saturated rings. The lowest BCUT2D eigenvalue weighted by molar-refractivity contribution is 0.353. The Hall–Kier alpha value is 0.240. The van der Waals surface area contributed by atoms with Crippen LogP contribution >= 0.6 is 24.0 Å². The lowest BCUT2D eigenvalue weighted by atomic mass is 9.87. The van der Waals surface area contributed by atoms with Crippen LogP contribution in [-0.2, 0) is 0 Å². The quantitative estimate of drug-likeness (QED) is 0.625. The number of hydrogen-bond donors (Lipinski definition) is 1. The van der Waals surface area contributed by atoms with Crippen molar-refractivity contribution in [1.29, 1.82) is 0 Å². The largest absolute Gasteiger partial charge is 0.385 e. The zero-order valence-electron chi connectivity index (χ0n) is 5.30. The van der Waals surface area contributed by atoms with Gasteiger partial charge in [0.1, 0.15) is 4.32 Å². The third kappa shape index (κ3) is 2.54. The predicted octanol–water partition coefficient (Wildman–Crippen LogP) is 1.76. The predicted molar refractivity (Wildman–Crippen MR) is 46.6 cm³/mol. The normalized spacial score (nSPS) is 19.1. The third-order valence-corrected chi connectivity index (χ3v) is 2.96. The summed E-state index contributed by atoms with van der Waals surface area (Å²) >= 11 is 6.35. The van der Waals surface area contributed by atoms with Gasteiger partial charge < -0.3 is 5.73 Å².